The van der Waals surface area contributed by atoms with Crippen molar-refractivity contribution in [2.45, 2.75) is 19.3 Å². The van der Waals surface area contributed by atoms with Crippen LogP contribution in [0.4, 0.5) is 0 Å². The van der Waals surface area contributed by atoms with Gasteiger partial charge in [-0.1, -0.05) is 111 Å². The SMILES string of the molecule is CC1(C)c2c(-c3nc(-c4cccc5c4sc4ccccc45)nc4ccccc34)cccc2-n2c3oc4ccccc4c3c3cccc1c32. The topological polar surface area (TPSA) is 43.9 Å². The van der Waals surface area contributed by atoms with Crippen LogP contribution in [0.1, 0.15) is 25.0 Å². The standard InChI is InChI=1S/C43H27N3OS/c1-43(2)31-19-10-16-28-36-27-14-4-7-22-34(27)47-42(36)46(39(28)31)33-21-11-17-29(37(33)43)38-26-13-3-6-20-32(26)44-41(45-38)30-18-9-15-25-24-12-5-8-23-35(24)48-40(25)30/h3-23H,1-2H3. The number of furan rings is 1. The van der Waals surface area contributed by atoms with E-state index in [-0.39, 0.29) is 5.41 Å². The lowest BCUT2D eigenvalue weighted by Gasteiger charge is -2.36. The quantitative estimate of drug-likeness (QED) is 0.190. The molecule has 0 spiro atoms. The smallest absolute Gasteiger partial charge is 0.213 e. The number of hydrogen-bond donors (Lipinski definition) is 0. The van der Waals surface area contributed by atoms with Crippen molar-refractivity contribution in [2.75, 3.05) is 0 Å². The van der Waals surface area contributed by atoms with E-state index in [1.807, 2.05) is 17.4 Å². The predicted octanol–water partition coefficient (Wildman–Crippen LogP) is 11.8. The summed E-state index contributed by atoms with van der Waals surface area (Å²) in [4.78, 5) is 10.7. The highest BCUT2D eigenvalue weighted by Crippen LogP contribution is 2.52. The van der Waals surface area contributed by atoms with E-state index in [4.69, 9.17) is 14.4 Å². The highest BCUT2D eigenvalue weighted by atomic mass is 32.1. The Bertz CT molecular complexity index is 2990. The molecule has 4 nitrogen and oxygen atoms in total. The van der Waals surface area contributed by atoms with Gasteiger partial charge in [-0.15, -0.1) is 11.3 Å². The average Bonchev–Trinajstić information content (AvgIpc) is 3.79. The Morgan fingerprint density at radius 3 is 2.25 bits per heavy atom. The summed E-state index contributed by atoms with van der Waals surface area (Å²) >= 11 is 1.81. The molecular formula is C43H27N3OS. The van der Waals surface area contributed by atoms with Crippen LogP contribution in [0, 0.1) is 0 Å². The predicted molar refractivity (Wildman–Crippen MR) is 200 cm³/mol. The number of fused-ring (bicyclic) bond motifs is 11. The molecule has 0 N–H and O–H groups in total. The van der Waals surface area contributed by atoms with Crippen LogP contribution in [0.15, 0.2) is 132 Å². The molecule has 0 saturated heterocycles. The van der Waals surface area contributed by atoms with Crippen LogP contribution in [-0.4, -0.2) is 14.5 Å². The minimum Gasteiger partial charge on any atom is -0.439 e. The molecule has 226 valence electrons. The molecule has 0 atom stereocenters. The van der Waals surface area contributed by atoms with E-state index in [9.17, 15) is 0 Å². The first-order chi connectivity index (χ1) is 23.6. The van der Waals surface area contributed by atoms with Crippen LogP contribution in [0.5, 0.6) is 0 Å². The zero-order valence-electron chi connectivity index (χ0n) is 26.3. The van der Waals surface area contributed by atoms with Crippen molar-refractivity contribution in [3.8, 4) is 28.3 Å². The van der Waals surface area contributed by atoms with Crippen molar-refractivity contribution in [1.82, 2.24) is 14.5 Å². The summed E-state index contributed by atoms with van der Waals surface area (Å²) in [6.07, 6.45) is 0. The molecule has 6 aromatic carbocycles. The van der Waals surface area contributed by atoms with Gasteiger partial charge in [-0.3, -0.25) is 4.57 Å². The summed E-state index contributed by atoms with van der Waals surface area (Å²) < 4.78 is 11.5. The average molecular weight is 634 g/mol. The molecule has 0 fully saturated rings. The number of rotatable bonds is 2. The van der Waals surface area contributed by atoms with Gasteiger partial charge in [0.2, 0.25) is 5.71 Å². The molecule has 48 heavy (non-hydrogen) atoms. The van der Waals surface area contributed by atoms with Crippen LogP contribution in [-0.2, 0) is 5.41 Å². The molecule has 10 aromatic rings. The third-order valence-corrected chi connectivity index (χ3v) is 11.6. The summed E-state index contributed by atoms with van der Waals surface area (Å²) in [7, 11) is 0. The first kappa shape index (κ1) is 26.3. The maximum absolute atomic E-state index is 6.67. The Balaban J connectivity index is 1.24. The van der Waals surface area contributed by atoms with E-state index in [1.165, 1.54) is 47.6 Å². The molecular weight excluding hydrogens is 607 g/mol. The van der Waals surface area contributed by atoms with Crippen LogP contribution in [0.3, 0.4) is 0 Å². The number of benzene rings is 6. The molecule has 0 bridgehead atoms. The van der Waals surface area contributed by atoms with E-state index in [0.717, 1.165) is 55.9 Å². The van der Waals surface area contributed by atoms with E-state index < -0.39 is 0 Å². The summed E-state index contributed by atoms with van der Waals surface area (Å²) in [5.74, 6) is 0.746. The summed E-state index contributed by atoms with van der Waals surface area (Å²) in [6, 6.07) is 45.3. The monoisotopic (exact) mass is 633 g/mol. The van der Waals surface area contributed by atoms with Gasteiger partial charge in [-0.05, 0) is 41.5 Å². The van der Waals surface area contributed by atoms with Gasteiger partial charge < -0.3 is 4.42 Å². The largest absolute Gasteiger partial charge is 0.439 e. The molecule has 0 amide bonds. The van der Waals surface area contributed by atoms with Gasteiger partial charge in [0.1, 0.15) is 5.58 Å². The minimum atomic E-state index is -0.315. The number of nitrogens with zero attached hydrogens (tertiary/aromatic N) is 3. The van der Waals surface area contributed by atoms with Crippen molar-refractivity contribution in [1.29, 1.82) is 0 Å². The molecule has 5 heterocycles. The van der Waals surface area contributed by atoms with Gasteiger partial charge in [0.15, 0.2) is 5.82 Å². The molecule has 4 aromatic heterocycles. The zero-order valence-corrected chi connectivity index (χ0v) is 27.1. The lowest BCUT2D eigenvalue weighted by molar-refractivity contribution is 0.613. The fraction of sp³-hybridized carbons (Fsp3) is 0.0698. The van der Waals surface area contributed by atoms with Crippen LogP contribution in [0.25, 0.3) is 92.4 Å². The molecule has 1 aliphatic heterocycles. The van der Waals surface area contributed by atoms with Crippen LogP contribution < -0.4 is 0 Å². The number of para-hydroxylation sites is 3. The molecule has 11 rings (SSSR count). The van der Waals surface area contributed by atoms with E-state index in [2.05, 4.69) is 140 Å². The second kappa shape index (κ2) is 9.18. The van der Waals surface area contributed by atoms with Crippen molar-refractivity contribution in [2.24, 2.45) is 0 Å². The van der Waals surface area contributed by atoms with Gasteiger partial charge in [0, 0.05) is 52.9 Å². The highest BCUT2D eigenvalue weighted by Gasteiger charge is 2.38. The molecule has 5 heteroatoms. The number of thiophene rings is 1. The minimum absolute atomic E-state index is 0.315. The second-order valence-electron chi connectivity index (χ2n) is 13.3. The third kappa shape index (κ3) is 3.29. The molecule has 0 radical (unpaired) electrons. The van der Waals surface area contributed by atoms with Gasteiger partial charge >= 0.3 is 0 Å². The van der Waals surface area contributed by atoms with Gasteiger partial charge in [0.05, 0.1) is 27.8 Å². The lowest BCUT2D eigenvalue weighted by atomic mass is 9.72. The Morgan fingerprint density at radius 1 is 0.625 bits per heavy atom. The summed E-state index contributed by atoms with van der Waals surface area (Å²) in [6.45, 7) is 4.70. The Morgan fingerprint density at radius 2 is 1.33 bits per heavy atom. The first-order valence-corrected chi connectivity index (χ1v) is 17.2. The lowest BCUT2D eigenvalue weighted by Crippen LogP contribution is -2.27. The van der Waals surface area contributed by atoms with Gasteiger partial charge in [0.25, 0.3) is 0 Å². The number of hydrogen-bond acceptors (Lipinski definition) is 4. The van der Waals surface area contributed by atoms with Crippen LogP contribution >= 0.6 is 11.3 Å². The molecule has 0 aliphatic carbocycles. The summed E-state index contributed by atoms with van der Waals surface area (Å²) in [5.41, 5.74) is 10.4. The fourth-order valence-electron chi connectivity index (χ4n) is 8.31. The highest BCUT2D eigenvalue weighted by molar-refractivity contribution is 7.26. The van der Waals surface area contributed by atoms with Crippen molar-refractivity contribution in [3.05, 3.63) is 139 Å². The Labute approximate surface area is 279 Å². The summed E-state index contributed by atoms with van der Waals surface area (Å²) in [5, 5.41) is 7.10. The molecule has 0 saturated carbocycles. The maximum Gasteiger partial charge on any atom is 0.213 e. The zero-order chi connectivity index (χ0) is 31.7. The number of aromatic nitrogens is 3. The van der Waals surface area contributed by atoms with Gasteiger partial charge in [-0.2, -0.15) is 0 Å². The first-order valence-electron chi connectivity index (χ1n) is 16.3. The Hall–Kier alpha value is -5.78. The van der Waals surface area contributed by atoms with Gasteiger partial charge in [-0.25, -0.2) is 9.97 Å². The van der Waals surface area contributed by atoms with Crippen LogP contribution in [0.2, 0.25) is 0 Å². The van der Waals surface area contributed by atoms with E-state index in [1.54, 1.807) is 0 Å². The van der Waals surface area contributed by atoms with E-state index in [0.29, 0.717) is 0 Å². The normalized spacial score (nSPS) is 13.8. The van der Waals surface area contributed by atoms with Crippen molar-refractivity contribution in [3.63, 3.8) is 0 Å². The maximum atomic E-state index is 6.67. The second-order valence-corrected chi connectivity index (χ2v) is 14.4. The molecule has 1 aliphatic rings. The third-order valence-electron chi connectivity index (χ3n) is 10.4. The fourth-order valence-corrected chi connectivity index (χ4v) is 9.52. The van der Waals surface area contributed by atoms with Crippen molar-refractivity contribution >= 4 is 75.4 Å². The van der Waals surface area contributed by atoms with E-state index >= 15 is 0 Å². The molecule has 0 unspecified atom stereocenters. The Kier molecular flexibility index (Phi) is 5.03. The van der Waals surface area contributed by atoms with Crippen molar-refractivity contribution < 1.29 is 4.42 Å².